The van der Waals surface area contributed by atoms with E-state index >= 15 is 0 Å². The van der Waals surface area contributed by atoms with Crippen LogP contribution in [0.25, 0.3) is 0 Å². The van der Waals surface area contributed by atoms with Gasteiger partial charge < -0.3 is 10.6 Å². The van der Waals surface area contributed by atoms with Crippen molar-refractivity contribution in [3.05, 3.63) is 71.4 Å². The third kappa shape index (κ3) is 6.10. The normalized spacial score (nSPS) is 11.8. The van der Waals surface area contributed by atoms with Gasteiger partial charge in [0.25, 0.3) is 0 Å². The lowest BCUT2D eigenvalue weighted by Gasteiger charge is -2.16. The summed E-state index contributed by atoms with van der Waals surface area (Å²) < 4.78 is 66.5. The average molecular weight is 466 g/mol. The standard InChI is InChI=1S/C21H22F3N5O2S/c1-3-32(30,31)29-17-10-9-14(2)15(11-17)12-25-19-18(21(22,23)24)13-26-20(28-19)27-16-7-5-4-6-8-16/h4-11,13,29H,3,12H2,1-2H3,(H2,25,26,27,28). The minimum atomic E-state index is -4.65. The molecule has 0 amide bonds. The summed E-state index contributed by atoms with van der Waals surface area (Å²) in [6.07, 6.45) is -3.93. The molecule has 7 nitrogen and oxygen atoms in total. The summed E-state index contributed by atoms with van der Waals surface area (Å²) in [5, 5.41) is 5.59. The number of aryl methyl sites for hydroxylation is 1. The SMILES string of the molecule is CCS(=O)(=O)Nc1ccc(C)c(CNc2nc(Nc3ccccc3)ncc2C(F)(F)F)c1. The van der Waals surface area contributed by atoms with E-state index in [4.69, 9.17) is 0 Å². The van der Waals surface area contributed by atoms with E-state index in [1.165, 1.54) is 6.92 Å². The summed E-state index contributed by atoms with van der Waals surface area (Å²) in [7, 11) is -3.48. The molecular formula is C21H22F3N5O2S. The van der Waals surface area contributed by atoms with Crippen molar-refractivity contribution in [2.45, 2.75) is 26.6 Å². The van der Waals surface area contributed by atoms with Crippen LogP contribution in [-0.4, -0.2) is 24.1 Å². The molecule has 0 aliphatic heterocycles. The Labute approximate surface area is 184 Å². The summed E-state index contributed by atoms with van der Waals surface area (Å²) in [4.78, 5) is 7.79. The molecule has 0 saturated carbocycles. The van der Waals surface area contributed by atoms with Gasteiger partial charge in [0, 0.05) is 24.1 Å². The molecule has 0 atom stereocenters. The highest BCUT2D eigenvalue weighted by molar-refractivity contribution is 7.92. The Hall–Kier alpha value is -3.34. The topological polar surface area (TPSA) is 96.0 Å². The van der Waals surface area contributed by atoms with Crippen molar-refractivity contribution in [3.8, 4) is 0 Å². The van der Waals surface area contributed by atoms with E-state index in [2.05, 4.69) is 25.3 Å². The molecule has 3 N–H and O–H groups in total. The number of aromatic nitrogens is 2. The van der Waals surface area contributed by atoms with Crippen LogP contribution >= 0.6 is 0 Å². The van der Waals surface area contributed by atoms with Gasteiger partial charge in [0.1, 0.15) is 11.4 Å². The zero-order valence-corrected chi connectivity index (χ0v) is 18.2. The molecule has 0 aliphatic carbocycles. The van der Waals surface area contributed by atoms with Crippen molar-refractivity contribution in [1.29, 1.82) is 0 Å². The number of nitrogens with one attached hydrogen (secondary N) is 3. The largest absolute Gasteiger partial charge is 0.421 e. The van der Waals surface area contributed by atoms with Crippen LogP contribution in [0.4, 0.5) is 36.3 Å². The Morgan fingerprint density at radius 3 is 2.41 bits per heavy atom. The molecule has 0 radical (unpaired) electrons. The molecule has 170 valence electrons. The van der Waals surface area contributed by atoms with Crippen molar-refractivity contribution in [2.75, 3.05) is 21.1 Å². The van der Waals surface area contributed by atoms with E-state index in [1.807, 2.05) is 6.07 Å². The van der Waals surface area contributed by atoms with Crippen LogP contribution in [0, 0.1) is 6.92 Å². The van der Waals surface area contributed by atoms with Crippen molar-refractivity contribution >= 4 is 33.2 Å². The van der Waals surface area contributed by atoms with Gasteiger partial charge in [-0.05, 0) is 49.2 Å². The minimum Gasteiger partial charge on any atom is -0.365 e. The van der Waals surface area contributed by atoms with E-state index < -0.39 is 21.8 Å². The second-order valence-electron chi connectivity index (χ2n) is 6.94. The van der Waals surface area contributed by atoms with E-state index in [1.54, 1.807) is 49.4 Å². The zero-order valence-electron chi connectivity index (χ0n) is 17.4. The summed E-state index contributed by atoms with van der Waals surface area (Å²) in [6, 6.07) is 13.7. The lowest BCUT2D eigenvalue weighted by Crippen LogP contribution is -2.16. The van der Waals surface area contributed by atoms with Crippen molar-refractivity contribution in [3.63, 3.8) is 0 Å². The smallest absolute Gasteiger partial charge is 0.365 e. The number of benzene rings is 2. The molecule has 3 aromatic rings. The van der Waals surface area contributed by atoms with Crippen LogP contribution in [0.1, 0.15) is 23.6 Å². The molecule has 0 aliphatic rings. The summed E-state index contributed by atoms with van der Waals surface area (Å²) >= 11 is 0. The highest BCUT2D eigenvalue weighted by atomic mass is 32.2. The second-order valence-corrected chi connectivity index (χ2v) is 8.96. The van der Waals surface area contributed by atoms with Gasteiger partial charge in [-0.2, -0.15) is 18.2 Å². The molecule has 2 aromatic carbocycles. The zero-order chi connectivity index (χ0) is 23.4. The third-order valence-electron chi connectivity index (χ3n) is 4.57. The van der Waals surface area contributed by atoms with Gasteiger partial charge in [-0.25, -0.2) is 13.4 Å². The van der Waals surface area contributed by atoms with Crippen LogP contribution in [-0.2, 0) is 22.7 Å². The van der Waals surface area contributed by atoms with Crippen molar-refractivity contribution < 1.29 is 21.6 Å². The Kier molecular flexibility index (Phi) is 6.87. The fourth-order valence-electron chi connectivity index (χ4n) is 2.79. The van der Waals surface area contributed by atoms with E-state index in [0.717, 1.165) is 11.8 Å². The number of para-hydroxylation sites is 1. The average Bonchev–Trinajstić information content (AvgIpc) is 2.74. The Balaban J connectivity index is 1.86. The van der Waals surface area contributed by atoms with Crippen LogP contribution < -0.4 is 15.4 Å². The van der Waals surface area contributed by atoms with Gasteiger partial charge in [0.05, 0.1) is 5.75 Å². The predicted octanol–water partition coefficient (Wildman–Crippen LogP) is 4.92. The first-order valence-electron chi connectivity index (χ1n) is 9.67. The fourth-order valence-corrected chi connectivity index (χ4v) is 3.42. The number of rotatable bonds is 8. The van der Waals surface area contributed by atoms with Crippen LogP contribution in [0.3, 0.4) is 0 Å². The van der Waals surface area contributed by atoms with Gasteiger partial charge >= 0.3 is 6.18 Å². The molecule has 0 bridgehead atoms. The number of sulfonamides is 1. The minimum absolute atomic E-state index is 0.00159. The molecule has 3 rings (SSSR count). The predicted molar refractivity (Wildman–Crippen MR) is 118 cm³/mol. The lowest BCUT2D eigenvalue weighted by atomic mass is 10.1. The Morgan fingerprint density at radius 2 is 1.75 bits per heavy atom. The third-order valence-corrected chi connectivity index (χ3v) is 5.88. The van der Waals surface area contributed by atoms with Gasteiger partial charge in [-0.15, -0.1) is 0 Å². The molecule has 0 saturated heterocycles. The maximum atomic E-state index is 13.5. The second kappa shape index (κ2) is 9.43. The lowest BCUT2D eigenvalue weighted by molar-refractivity contribution is -0.137. The highest BCUT2D eigenvalue weighted by Gasteiger charge is 2.35. The number of nitrogens with zero attached hydrogens (tertiary/aromatic N) is 2. The summed E-state index contributed by atoms with van der Waals surface area (Å²) in [6.45, 7) is 3.29. The van der Waals surface area contributed by atoms with Crippen LogP contribution in [0.15, 0.2) is 54.7 Å². The first-order valence-corrected chi connectivity index (χ1v) is 11.3. The first-order chi connectivity index (χ1) is 15.1. The maximum Gasteiger partial charge on any atom is 0.421 e. The number of anilines is 4. The monoisotopic (exact) mass is 465 g/mol. The Bertz CT molecular complexity index is 1190. The van der Waals surface area contributed by atoms with Gasteiger partial charge in [-0.1, -0.05) is 24.3 Å². The molecule has 0 spiro atoms. The summed E-state index contributed by atoms with van der Waals surface area (Å²) in [5.74, 6) is -0.473. The van der Waals surface area contributed by atoms with E-state index in [9.17, 15) is 21.6 Å². The van der Waals surface area contributed by atoms with Gasteiger partial charge in [-0.3, -0.25) is 4.72 Å². The fraction of sp³-hybridized carbons (Fsp3) is 0.238. The molecular weight excluding hydrogens is 443 g/mol. The van der Waals surface area contributed by atoms with Crippen LogP contribution in [0.5, 0.6) is 0 Å². The number of alkyl halides is 3. The first kappa shape index (κ1) is 23.3. The van der Waals surface area contributed by atoms with E-state index in [0.29, 0.717) is 16.9 Å². The molecule has 1 heterocycles. The van der Waals surface area contributed by atoms with Gasteiger partial charge in [0.2, 0.25) is 16.0 Å². The maximum absolute atomic E-state index is 13.5. The molecule has 32 heavy (non-hydrogen) atoms. The summed E-state index contributed by atoms with van der Waals surface area (Å²) in [5.41, 5.74) is 1.36. The van der Waals surface area contributed by atoms with Crippen molar-refractivity contribution in [2.24, 2.45) is 0 Å². The number of halogens is 3. The molecule has 0 unspecified atom stereocenters. The number of hydrogen-bond acceptors (Lipinski definition) is 6. The molecule has 1 aromatic heterocycles. The molecule has 0 fully saturated rings. The number of hydrogen-bond donors (Lipinski definition) is 3. The van der Waals surface area contributed by atoms with Crippen molar-refractivity contribution in [1.82, 2.24) is 9.97 Å². The van der Waals surface area contributed by atoms with E-state index in [-0.39, 0.29) is 24.1 Å². The quantitative estimate of drug-likeness (QED) is 0.437. The Morgan fingerprint density at radius 1 is 1.03 bits per heavy atom. The highest BCUT2D eigenvalue weighted by Crippen LogP contribution is 2.34. The molecule has 11 heteroatoms. The van der Waals surface area contributed by atoms with Gasteiger partial charge in [0.15, 0.2) is 0 Å². The van der Waals surface area contributed by atoms with Crippen LogP contribution in [0.2, 0.25) is 0 Å².